The van der Waals surface area contributed by atoms with E-state index in [1.54, 1.807) is 0 Å². The first-order chi connectivity index (χ1) is 10.3. The Morgan fingerprint density at radius 2 is 1.95 bits per heavy atom. The van der Waals surface area contributed by atoms with Crippen molar-refractivity contribution in [2.75, 3.05) is 13.2 Å². The van der Waals surface area contributed by atoms with Gasteiger partial charge in [0.25, 0.3) is 0 Å². The molecule has 114 valence electrons. The number of hydrogen-bond acceptors (Lipinski definition) is 2. The zero-order chi connectivity index (χ0) is 14.7. The highest BCUT2D eigenvalue weighted by Crippen LogP contribution is 2.23. The van der Waals surface area contributed by atoms with E-state index in [2.05, 4.69) is 18.2 Å². The van der Waals surface area contributed by atoms with Gasteiger partial charge in [0.05, 0.1) is 19.1 Å². The van der Waals surface area contributed by atoms with Crippen LogP contribution in [0.4, 0.5) is 0 Å². The number of carbonyl (C=O) groups excluding carboxylic acids is 1. The van der Waals surface area contributed by atoms with E-state index in [1.807, 2.05) is 4.90 Å². The largest absolute Gasteiger partial charge is 0.394 e. The Balaban J connectivity index is 1.69. The Labute approximate surface area is 127 Å². The summed E-state index contributed by atoms with van der Waals surface area (Å²) in [6.07, 6.45) is 8.49. The van der Waals surface area contributed by atoms with E-state index in [9.17, 15) is 9.90 Å². The van der Waals surface area contributed by atoms with E-state index in [1.165, 1.54) is 30.4 Å². The van der Waals surface area contributed by atoms with Crippen molar-refractivity contribution in [3.05, 3.63) is 34.9 Å². The van der Waals surface area contributed by atoms with Gasteiger partial charge in [-0.2, -0.15) is 0 Å². The number of likely N-dealkylation sites (tertiary alicyclic amines) is 1. The fraction of sp³-hybridized carbons (Fsp3) is 0.611. The molecule has 0 aromatic heterocycles. The molecular weight excluding hydrogens is 262 g/mol. The molecule has 0 saturated carbocycles. The summed E-state index contributed by atoms with van der Waals surface area (Å²) in [6, 6.07) is 6.57. The highest BCUT2D eigenvalue weighted by Gasteiger charge is 2.26. The van der Waals surface area contributed by atoms with Crippen molar-refractivity contribution in [3.63, 3.8) is 0 Å². The molecule has 0 radical (unpaired) electrons. The average molecular weight is 287 g/mol. The summed E-state index contributed by atoms with van der Waals surface area (Å²) in [5.41, 5.74) is 4.02. The van der Waals surface area contributed by atoms with E-state index in [-0.39, 0.29) is 18.6 Å². The number of carbonyl (C=O) groups is 1. The van der Waals surface area contributed by atoms with Crippen LogP contribution in [0.2, 0.25) is 0 Å². The summed E-state index contributed by atoms with van der Waals surface area (Å²) in [4.78, 5) is 14.4. The number of piperidine rings is 1. The first kappa shape index (κ1) is 14.6. The zero-order valence-corrected chi connectivity index (χ0v) is 12.7. The number of aryl methyl sites for hydroxylation is 2. The highest BCUT2D eigenvalue weighted by atomic mass is 16.3. The van der Waals surface area contributed by atoms with Crippen LogP contribution in [-0.2, 0) is 24.1 Å². The Kier molecular flexibility index (Phi) is 4.59. The second-order valence-corrected chi connectivity index (χ2v) is 6.41. The van der Waals surface area contributed by atoms with Crippen LogP contribution >= 0.6 is 0 Å². The maximum absolute atomic E-state index is 12.5. The van der Waals surface area contributed by atoms with Crippen LogP contribution in [0.25, 0.3) is 0 Å². The van der Waals surface area contributed by atoms with Gasteiger partial charge in [-0.25, -0.2) is 0 Å². The predicted octanol–water partition coefficient (Wildman–Crippen LogP) is 2.48. The van der Waals surface area contributed by atoms with E-state index in [0.29, 0.717) is 6.42 Å². The molecular formula is C18H25NO2. The molecule has 1 amide bonds. The number of amides is 1. The van der Waals surface area contributed by atoms with Crippen molar-refractivity contribution in [2.24, 2.45) is 0 Å². The lowest BCUT2D eigenvalue weighted by Crippen LogP contribution is -2.46. The van der Waals surface area contributed by atoms with Crippen LogP contribution in [0.15, 0.2) is 18.2 Å². The molecule has 1 aliphatic heterocycles. The Bertz CT molecular complexity index is 512. The lowest BCUT2D eigenvalue weighted by atomic mass is 9.90. The van der Waals surface area contributed by atoms with Crippen molar-refractivity contribution in [1.29, 1.82) is 0 Å². The maximum Gasteiger partial charge on any atom is 0.227 e. The molecule has 0 spiro atoms. The summed E-state index contributed by atoms with van der Waals surface area (Å²) in [5, 5.41) is 9.44. The Morgan fingerprint density at radius 3 is 2.76 bits per heavy atom. The van der Waals surface area contributed by atoms with Crippen molar-refractivity contribution >= 4 is 5.91 Å². The third kappa shape index (κ3) is 3.29. The van der Waals surface area contributed by atoms with Gasteiger partial charge >= 0.3 is 0 Å². The minimum absolute atomic E-state index is 0.0314. The number of benzene rings is 1. The highest BCUT2D eigenvalue weighted by molar-refractivity contribution is 5.79. The second kappa shape index (κ2) is 6.61. The van der Waals surface area contributed by atoms with Gasteiger partial charge in [-0.05, 0) is 61.6 Å². The van der Waals surface area contributed by atoms with Gasteiger partial charge in [0.1, 0.15) is 0 Å². The molecule has 3 rings (SSSR count). The van der Waals surface area contributed by atoms with Gasteiger partial charge in [-0.3, -0.25) is 4.79 Å². The second-order valence-electron chi connectivity index (χ2n) is 6.41. The van der Waals surface area contributed by atoms with E-state index >= 15 is 0 Å². The minimum atomic E-state index is 0.0314. The number of aliphatic hydroxyl groups excluding tert-OH is 1. The van der Waals surface area contributed by atoms with Gasteiger partial charge in [0.15, 0.2) is 0 Å². The number of hydrogen-bond donors (Lipinski definition) is 1. The molecule has 1 fully saturated rings. The Morgan fingerprint density at radius 1 is 1.14 bits per heavy atom. The number of aliphatic hydroxyl groups is 1. The predicted molar refractivity (Wildman–Crippen MR) is 83.2 cm³/mol. The molecule has 1 N–H and O–H groups in total. The third-order valence-corrected chi connectivity index (χ3v) is 4.93. The monoisotopic (exact) mass is 287 g/mol. The molecule has 1 atom stereocenters. The lowest BCUT2D eigenvalue weighted by Gasteiger charge is -2.34. The van der Waals surface area contributed by atoms with Gasteiger partial charge in [-0.1, -0.05) is 18.2 Å². The van der Waals surface area contributed by atoms with E-state index < -0.39 is 0 Å². The fourth-order valence-corrected chi connectivity index (χ4v) is 3.69. The van der Waals surface area contributed by atoms with E-state index in [0.717, 1.165) is 37.8 Å². The van der Waals surface area contributed by atoms with Crippen molar-refractivity contribution in [1.82, 2.24) is 4.90 Å². The smallest absolute Gasteiger partial charge is 0.227 e. The van der Waals surface area contributed by atoms with Gasteiger partial charge < -0.3 is 10.0 Å². The molecule has 3 heteroatoms. The van der Waals surface area contributed by atoms with Crippen molar-refractivity contribution in [3.8, 4) is 0 Å². The standard InChI is InChI=1S/C18H25NO2/c20-13-17-7-3-4-10-19(17)18(21)12-14-8-9-15-5-1-2-6-16(15)11-14/h8-9,11,17,20H,1-7,10,12-13H2. The van der Waals surface area contributed by atoms with Crippen LogP contribution in [0.3, 0.4) is 0 Å². The molecule has 1 saturated heterocycles. The molecule has 0 bridgehead atoms. The normalized spacial score (nSPS) is 22.0. The number of fused-ring (bicyclic) bond motifs is 1. The maximum atomic E-state index is 12.5. The molecule has 3 nitrogen and oxygen atoms in total. The fourth-order valence-electron chi connectivity index (χ4n) is 3.69. The average Bonchev–Trinajstić information content (AvgIpc) is 2.54. The van der Waals surface area contributed by atoms with Crippen LogP contribution in [0, 0.1) is 0 Å². The van der Waals surface area contributed by atoms with Crippen LogP contribution in [-0.4, -0.2) is 35.1 Å². The quantitative estimate of drug-likeness (QED) is 0.928. The first-order valence-electron chi connectivity index (χ1n) is 8.29. The molecule has 21 heavy (non-hydrogen) atoms. The first-order valence-corrected chi connectivity index (χ1v) is 8.29. The molecule has 2 aliphatic rings. The van der Waals surface area contributed by atoms with E-state index in [4.69, 9.17) is 0 Å². The van der Waals surface area contributed by atoms with Crippen LogP contribution in [0.5, 0.6) is 0 Å². The lowest BCUT2D eigenvalue weighted by molar-refractivity contribution is -0.135. The Hall–Kier alpha value is -1.35. The number of rotatable bonds is 3. The summed E-state index contributed by atoms with van der Waals surface area (Å²) in [6.45, 7) is 0.894. The minimum Gasteiger partial charge on any atom is -0.394 e. The topological polar surface area (TPSA) is 40.5 Å². The molecule has 1 aliphatic carbocycles. The summed E-state index contributed by atoms with van der Waals surface area (Å²) < 4.78 is 0. The van der Waals surface area contributed by atoms with Crippen molar-refractivity contribution < 1.29 is 9.90 Å². The van der Waals surface area contributed by atoms with Gasteiger partial charge in [0, 0.05) is 6.54 Å². The molecule has 1 aromatic rings. The van der Waals surface area contributed by atoms with Crippen molar-refractivity contribution in [2.45, 2.75) is 57.4 Å². The van der Waals surface area contributed by atoms with Crippen LogP contribution in [0.1, 0.15) is 48.8 Å². The zero-order valence-electron chi connectivity index (χ0n) is 12.7. The summed E-state index contributed by atoms with van der Waals surface area (Å²) >= 11 is 0. The summed E-state index contributed by atoms with van der Waals surface area (Å²) in [5.74, 6) is 0.171. The summed E-state index contributed by atoms with van der Waals surface area (Å²) in [7, 11) is 0. The SMILES string of the molecule is O=C(Cc1ccc2c(c1)CCCC2)N1CCCCC1CO. The van der Waals surface area contributed by atoms with Gasteiger partial charge in [0.2, 0.25) is 5.91 Å². The molecule has 1 aromatic carbocycles. The molecule has 1 heterocycles. The van der Waals surface area contributed by atoms with Gasteiger partial charge in [-0.15, -0.1) is 0 Å². The molecule has 1 unspecified atom stereocenters. The third-order valence-electron chi connectivity index (χ3n) is 4.93. The van der Waals surface area contributed by atoms with Crippen LogP contribution < -0.4 is 0 Å². The number of nitrogens with zero attached hydrogens (tertiary/aromatic N) is 1.